The van der Waals surface area contributed by atoms with E-state index in [0.29, 0.717) is 12.4 Å². The van der Waals surface area contributed by atoms with Gasteiger partial charge in [0.15, 0.2) is 5.82 Å². The van der Waals surface area contributed by atoms with Gasteiger partial charge in [-0.3, -0.25) is 4.79 Å². The minimum absolute atomic E-state index is 0.0592. The molecule has 0 saturated carbocycles. The smallest absolute Gasteiger partial charge is 0.226 e. The number of benzene rings is 2. The quantitative estimate of drug-likeness (QED) is 0.504. The van der Waals surface area contributed by atoms with Crippen LogP contribution < -0.4 is 10.1 Å². The van der Waals surface area contributed by atoms with Crippen molar-refractivity contribution in [2.24, 2.45) is 0 Å². The second kappa shape index (κ2) is 8.65. The largest absolute Gasteiger partial charge is 0.487 e. The van der Waals surface area contributed by atoms with E-state index in [1.165, 1.54) is 0 Å². The van der Waals surface area contributed by atoms with Gasteiger partial charge in [-0.2, -0.15) is 0 Å². The standard InChI is InChI=1S/C24H20N4O2S/c29-21(13-18-15-31-24(28-18)16-6-2-1-3-7-16)27-14-19-12-17-8-4-9-20(22(17)30-19)23-25-10-5-11-26-23/h1-11,15,19H,12-14H2,(H,27,29). The zero-order chi connectivity index (χ0) is 21.0. The number of aromatic nitrogens is 3. The number of carbonyl (C=O) groups is 1. The maximum Gasteiger partial charge on any atom is 0.226 e. The Morgan fingerprint density at radius 3 is 2.74 bits per heavy atom. The number of thiazole rings is 1. The van der Waals surface area contributed by atoms with Crippen molar-refractivity contribution in [2.75, 3.05) is 6.54 Å². The van der Waals surface area contributed by atoms with E-state index in [2.05, 4.69) is 20.3 Å². The highest BCUT2D eigenvalue weighted by atomic mass is 32.1. The van der Waals surface area contributed by atoms with Crippen molar-refractivity contribution >= 4 is 17.2 Å². The van der Waals surface area contributed by atoms with Gasteiger partial charge in [0.2, 0.25) is 5.91 Å². The average molecular weight is 429 g/mol. The maximum atomic E-state index is 12.5. The molecule has 4 aromatic rings. The van der Waals surface area contributed by atoms with Crippen LogP contribution in [-0.4, -0.2) is 33.5 Å². The topological polar surface area (TPSA) is 77.0 Å². The first kappa shape index (κ1) is 19.4. The Labute approximate surface area is 184 Å². The lowest BCUT2D eigenvalue weighted by atomic mass is 10.1. The molecule has 154 valence electrons. The third kappa shape index (κ3) is 4.32. The minimum atomic E-state index is -0.112. The molecule has 0 bridgehead atoms. The van der Waals surface area contributed by atoms with Crippen LogP contribution in [0.1, 0.15) is 11.3 Å². The summed E-state index contributed by atoms with van der Waals surface area (Å²) in [5, 5.41) is 5.85. The summed E-state index contributed by atoms with van der Waals surface area (Å²) in [6.45, 7) is 0.443. The summed E-state index contributed by atoms with van der Waals surface area (Å²) in [7, 11) is 0. The van der Waals surface area contributed by atoms with Crippen molar-refractivity contribution in [3.8, 4) is 27.7 Å². The highest BCUT2D eigenvalue weighted by Crippen LogP contribution is 2.37. The molecule has 3 heterocycles. The third-order valence-electron chi connectivity index (χ3n) is 5.08. The minimum Gasteiger partial charge on any atom is -0.487 e. The summed E-state index contributed by atoms with van der Waals surface area (Å²) in [4.78, 5) is 25.7. The summed E-state index contributed by atoms with van der Waals surface area (Å²) in [6.07, 6.45) is 4.32. The zero-order valence-electron chi connectivity index (χ0n) is 16.7. The van der Waals surface area contributed by atoms with Gasteiger partial charge < -0.3 is 10.1 Å². The number of hydrogen-bond acceptors (Lipinski definition) is 6. The molecule has 7 heteroatoms. The van der Waals surface area contributed by atoms with Crippen molar-refractivity contribution in [2.45, 2.75) is 18.9 Å². The molecule has 0 aliphatic carbocycles. The molecule has 2 aromatic heterocycles. The van der Waals surface area contributed by atoms with E-state index in [1.54, 1.807) is 29.8 Å². The molecule has 1 aliphatic rings. The number of para-hydroxylation sites is 1. The molecule has 0 radical (unpaired) electrons. The van der Waals surface area contributed by atoms with Gasteiger partial charge in [-0.15, -0.1) is 11.3 Å². The Hall–Kier alpha value is -3.58. The highest BCUT2D eigenvalue weighted by molar-refractivity contribution is 7.13. The van der Waals surface area contributed by atoms with Crippen LogP contribution in [0.25, 0.3) is 22.0 Å². The molecule has 0 fully saturated rings. The van der Waals surface area contributed by atoms with Gasteiger partial charge in [-0.05, 0) is 17.7 Å². The Morgan fingerprint density at radius 2 is 1.90 bits per heavy atom. The molecule has 1 aliphatic heterocycles. The zero-order valence-corrected chi connectivity index (χ0v) is 17.5. The van der Waals surface area contributed by atoms with E-state index < -0.39 is 0 Å². The first-order valence-electron chi connectivity index (χ1n) is 10.1. The fourth-order valence-corrected chi connectivity index (χ4v) is 4.45. The predicted octanol–water partition coefficient (Wildman–Crippen LogP) is 3.93. The van der Waals surface area contributed by atoms with E-state index in [0.717, 1.165) is 39.6 Å². The molecule has 1 N–H and O–H groups in total. The van der Waals surface area contributed by atoms with Gasteiger partial charge in [-0.25, -0.2) is 15.0 Å². The lowest BCUT2D eigenvalue weighted by Crippen LogP contribution is -2.35. The lowest BCUT2D eigenvalue weighted by Gasteiger charge is -2.13. The van der Waals surface area contributed by atoms with Crippen LogP contribution in [0.5, 0.6) is 5.75 Å². The lowest BCUT2D eigenvalue weighted by molar-refractivity contribution is -0.120. The summed E-state index contributed by atoms with van der Waals surface area (Å²) in [6, 6.07) is 17.8. The van der Waals surface area contributed by atoms with Gasteiger partial charge in [0.25, 0.3) is 0 Å². The molecular formula is C24H20N4O2S. The molecule has 2 aromatic carbocycles. The van der Waals surface area contributed by atoms with Crippen molar-refractivity contribution in [1.29, 1.82) is 0 Å². The number of rotatable bonds is 6. The second-order valence-electron chi connectivity index (χ2n) is 7.30. The van der Waals surface area contributed by atoms with Gasteiger partial charge >= 0.3 is 0 Å². The molecule has 31 heavy (non-hydrogen) atoms. The van der Waals surface area contributed by atoms with Crippen molar-refractivity contribution in [3.05, 3.63) is 83.6 Å². The number of nitrogens with zero attached hydrogens (tertiary/aromatic N) is 3. The number of amides is 1. The molecule has 1 amide bonds. The Balaban J connectivity index is 1.18. The molecule has 0 saturated heterocycles. The first-order chi connectivity index (χ1) is 15.3. The molecule has 0 spiro atoms. The number of ether oxygens (including phenoxy) is 1. The molecule has 5 rings (SSSR count). The molecule has 6 nitrogen and oxygen atoms in total. The van der Waals surface area contributed by atoms with Crippen LogP contribution in [0.4, 0.5) is 0 Å². The summed E-state index contributed by atoms with van der Waals surface area (Å²) >= 11 is 1.55. The van der Waals surface area contributed by atoms with Gasteiger partial charge in [0, 0.05) is 29.8 Å². The van der Waals surface area contributed by atoms with E-state index in [9.17, 15) is 4.79 Å². The Bertz CT molecular complexity index is 1190. The van der Waals surface area contributed by atoms with E-state index in [1.807, 2.05) is 53.9 Å². The van der Waals surface area contributed by atoms with Crippen LogP contribution in [-0.2, 0) is 17.6 Å². The first-order valence-corrected chi connectivity index (χ1v) is 11.0. The van der Waals surface area contributed by atoms with Gasteiger partial charge in [0.1, 0.15) is 16.9 Å². The van der Waals surface area contributed by atoms with Gasteiger partial charge in [0.05, 0.1) is 24.2 Å². The van der Waals surface area contributed by atoms with E-state index in [-0.39, 0.29) is 18.4 Å². The maximum absolute atomic E-state index is 12.5. The van der Waals surface area contributed by atoms with Crippen LogP contribution in [0.3, 0.4) is 0 Å². The number of nitrogens with one attached hydrogen (secondary N) is 1. The van der Waals surface area contributed by atoms with Crippen molar-refractivity contribution in [1.82, 2.24) is 20.3 Å². The Kier molecular flexibility index (Phi) is 5.41. The molecular weight excluding hydrogens is 408 g/mol. The van der Waals surface area contributed by atoms with E-state index in [4.69, 9.17) is 4.74 Å². The number of hydrogen-bond donors (Lipinski definition) is 1. The van der Waals surface area contributed by atoms with E-state index >= 15 is 0 Å². The third-order valence-corrected chi connectivity index (χ3v) is 6.02. The highest BCUT2D eigenvalue weighted by Gasteiger charge is 2.26. The Morgan fingerprint density at radius 1 is 1.06 bits per heavy atom. The summed E-state index contributed by atoms with van der Waals surface area (Å²) < 4.78 is 6.15. The van der Waals surface area contributed by atoms with Crippen LogP contribution in [0.2, 0.25) is 0 Å². The van der Waals surface area contributed by atoms with Crippen LogP contribution in [0, 0.1) is 0 Å². The molecule has 1 atom stereocenters. The fourth-order valence-electron chi connectivity index (χ4n) is 3.62. The van der Waals surface area contributed by atoms with Crippen molar-refractivity contribution < 1.29 is 9.53 Å². The summed E-state index contributed by atoms with van der Waals surface area (Å²) in [5.74, 6) is 1.39. The predicted molar refractivity (Wildman–Crippen MR) is 120 cm³/mol. The van der Waals surface area contributed by atoms with Crippen LogP contribution in [0.15, 0.2) is 72.4 Å². The van der Waals surface area contributed by atoms with Gasteiger partial charge in [-0.1, -0.05) is 42.5 Å². The summed E-state index contributed by atoms with van der Waals surface area (Å²) in [5.41, 5.74) is 3.83. The normalized spacial score (nSPS) is 14.6. The number of fused-ring (bicyclic) bond motifs is 1. The fraction of sp³-hybridized carbons (Fsp3) is 0.167. The molecule has 1 unspecified atom stereocenters. The SMILES string of the molecule is O=C(Cc1csc(-c2ccccc2)n1)NCC1Cc2cccc(-c3ncccn3)c2O1. The van der Waals surface area contributed by atoms with Crippen molar-refractivity contribution in [3.63, 3.8) is 0 Å². The second-order valence-corrected chi connectivity index (χ2v) is 8.16. The average Bonchev–Trinajstić information content (AvgIpc) is 3.45. The van der Waals surface area contributed by atoms with Crippen LogP contribution >= 0.6 is 11.3 Å². The number of carbonyl (C=O) groups excluding carboxylic acids is 1. The monoisotopic (exact) mass is 428 g/mol.